The molecule has 1 aliphatic heterocycles. The lowest BCUT2D eigenvalue weighted by Gasteiger charge is -2.33. The summed E-state index contributed by atoms with van der Waals surface area (Å²) in [6.45, 7) is 4.34. The van der Waals surface area contributed by atoms with E-state index in [0.29, 0.717) is 6.04 Å². The number of amides is 1. The zero-order chi connectivity index (χ0) is 12.8. The second-order valence-corrected chi connectivity index (χ2v) is 4.63. The highest BCUT2D eigenvalue weighted by Crippen LogP contribution is 2.08. The predicted octanol–water partition coefficient (Wildman–Crippen LogP) is 1.61. The van der Waals surface area contributed by atoms with Crippen LogP contribution in [0.5, 0.6) is 0 Å². The highest BCUT2D eigenvalue weighted by molar-refractivity contribution is 5.87. The minimum Gasteiger partial charge on any atom is -0.336 e. The third kappa shape index (κ3) is 3.44. The van der Waals surface area contributed by atoms with Crippen molar-refractivity contribution in [3.63, 3.8) is 0 Å². The summed E-state index contributed by atoms with van der Waals surface area (Å²) in [5, 5.41) is 3.48. The molecule has 1 fully saturated rings. The number of carbonyl (C=O) groups excluding carboxylic acids is 1. The van der Waals surface area contributed by atoms with Gasteiger partial charge in [-0.1, -0.05) is 36.4 Å². The van der Waals surface area contributed by atoms with Crippen molar-refractivity contribution in [1.29, 1.82) is 0 Å². The first-order valence-electron chi connectivity index (χ1n) is 6.48. The molecule has 0 spiro atoms. The summed E-state index contributed by atoms with van der Waals surface area (Å²) in [7, 11) is 0. The largest absolute Gasteiger partial charge is 0.336 e. The number of nitrogens with zero attached hydrogens (tertiary/aromatic N) is 1. The van der Waals surface area contributed by atoms with Crippen molar-refractivity contribution in [1.82, 2.24) is 10.2 Å². The van der Waals surface area contributed by atoms with Gasteiger partial charge in [-0.2, -0.15) is 0 Å². The molecule has 1 atom stereocenters. The van der Waals surface area contributed by atoms with E-state index in [4.69, 9.17) is 0 Å². The minimum absolute atomic E-state index is 0.122. The SMILES string of the molecule is C/C=C/C(=O)N1CCNC(Cc2ccccc2)C1. The van der Waals surface area contributed by atoms with Gasteiger partial charge in [-0.05, 0) is 25.0 Å². The summed E-state index contributed by atoms with van der Waals surface area (Å²) in [5.41, 5.74) is 1.32. The Morgan fingerprint density at radius 1 is 1.44 bits per heavy atom. The topological polar surface area (TPSA) is 32.3 Å². The lowest BCUT2D eigenvalue weighted by molar-refractivity contribution is -0.127. The van der Waals surface area contributed by atoms with Crippen molar-refractivity contribution < 1.29 is 4.79 Å². The smallest absolute Gasteiger partial charge is 0.246 e. The van der Waals surface area contributed by atoms with Gasteiger partial charge >= 0.3 is 0 Å². The molecule has 1 amide bonds. The number of hydrogen-bond donors (Lipinski definition) is 1. The number of benzene rings is 1. The van der Waals surface area contributed by atoms with Gasteiger partial charge in [-0.15, -0.1) is 0 Å². The highest BCUT2D eigenvalue weighted by atomic mass is 16.2. The van der Waals surface area contributed by atoms with Crippen molar-refractivity contribution in [3.8, 4) is 0 Å². The second-order valence-electron chi connectivity index (χ2n) is 4.63. The van der Waals surface area contributed by atoms with E-state index in [2.05, 4.69) is 29.6 Å². The van der Waals surface area contributed by atoms with Crippen molar-refractivity contribution in [2.75, 3.05) is 19.6 Å². The summed E-state index contributed by atoms with van der Waals surface area (Å²) in [4.78, 5) is 13.7. The second kappa shape index (κ2) is 6.36. The maximum atomic E-state index is 11.8. The minimum atomic E-state index is 0.122. The van der Waals surface area contributed by atoms with Crippen LogP contribution in [0.1, 0.15) is 12.5 Å². The molecule has 0 saturated carbocycles. The van der Waals surface area contributed by atoms with E-state index in [-0.39, 0.29) is 5.91 Å². The van der Waals surface area contributed by atoms with Crippen LogP contribution < -0.4 is 5.32 Å². The van der Waals surface area contributed by atoms with E-state index >= 15 is 0 Å². The molecule has 0 radical (unpaired) electrons. The zero-order valence-corrected chi connectivity index (χ0v) is 10.8. The Bertz CT molecular complexity index is 414. The van der Waals surface area contributed by atoms with Crippen LogP contribution in [0.3, 0.4) is 0 Å². The Hall–Kier alpha value is -1.61. The summed E-state index contributed by atoms with van der Waals surface area (Å²) in [5.74, 6) is 0.122. The van der Waals surface area contributed by atoms with Crippen LogP contribution in [-0.2, 0) is 11.2 Å². The van der Waals surface area contributed by atoms with Crippen LogP contribution in [0.25, 0.3) is 0 Å². The molecule has 96 valence electrons. The fourth-order valence-electron chi connectivity index (χ4n) is 2.31. The first-order valence-corrected chi connectivity index (χ1v) is 6.48. The van der Waals surface area contributed by atoms with Gasteiger partial charge in [-0.3, -0.25) is 4.79 Å². The molecule has 2 rings (SSSR count). The van der Waals surface area contributed by atoms with Crippen molar-refractivity contribution in [3.05, 3.63) is 48.0 Å². The Labute approximate surface area is 108 Å². The Kier molecular flexibility index (Phi) is 4.53. The normalized spacial score (nSPS) is 20.3. The van der Waals surface area contributed by atoms with E-state index in [0.717, 1.165) is 26.1 Å². The van der Waals surface area contributed by atoms with Gasteiger partial charge in [0.25, 0.3) is 0 Å². The summed E-state index contributed by atoms with van der Waals surface area (Å²) in [6, 6.07) is 10.8. The average molecular weight is 244 g/mol. The van der Waals surface area contributed by atoms with Crippen LogP contribution in [0.4, 0.5) is 0 Å². The van der Waals surface area contributed by atoms with Gasteiger partial charge in [0, 0.05) is 25.7 Å². The standard InChI is InChI=1S/C15H20N2O/c1-2-6-15(18)17-10-9-16-14(12-17)11-13-7-4-3-5-8-13/h2-8,14,16H,9-12H2,1H3/b6-2+. The summed E-state index contributed by atoms with van der Waals surface area (Å²) < 4.78 is 0. The molecular formula is C15H20N2O. The molecule has 1 heterocycles. The van der Waals surface area contributed by atoms with Crippen molar-refractivity contribution >= 4 is 5.91 Å². The van der Waals surface area contributed by atoms with Gasteiger partial charge in [0.15, 0.2) is 0 Å². The summed E-state index contributed by atoms with van der Waals surface area (Å²) in [6.07, 6.45) is 4.42. The number of allylic oxidation sites excluding steroid dienone is 1. The van der Waals surface area contributed by atoms with E-state index in [1.807, 2.05) is 17.9 Å². The van der Waals surface area contributed by atoms with Crippen LogP contribution in [0.15, 0.2) is 42.5 Å². The molecule has 1 aliphatic rings. The molecule has 3 heteroatoms. The number of carbonyl (C=O) groups is 1. The maximum absolute atomic E-state index is 11.8. The van der Waals surface area contributed by atoms with E-state index in [9.17, 15) is 4.79 Å². The van der Waals surface area contributed by atoms with E-state index in [1.165, 1.54) is 5.56 Å². The molecule has 18 heavy (non-hydrogen) atoms. The maximum Gasteiger partial charge on any atom is 0.246 e. The molecule has 1 N–H and O–H groups in total. The molecule has 1 aromatic carbocycles. The highest BCUT2D eigenvalue weighted by Gasteiger charge is 2.21. The quantitative estimate of drug-likeness (QED) is 0.819. The number of nitrogens with one attached hydrogen (secondary N) is 1. The van der Waals surface area contributed by atoms with Crippen LogP contribution in [-0.4, -0.2) is 36.5 Å². The predicted molar refractivity (Wildman–Crippen MR) is 73.3 cm³/mol. The lowest BCUT2D eigenvalue weighted by Crippen LogP contribution is -2.53. The van der Waals surface area contributed by atoms with E-state index in [1.54, 1.807) is 12.2 Å². The van der Waals surface area contributed by atoms with E-state index < -0.39 is 0 Å². The first-order chi connectivity index (χ1) is 8.79. The number of rotatable bonds is 3. The monoisotopic (exact) mass is 244 g/mol. The lowest BCUT2D eigenvalue weighted by atomic mass is 10.0. The number of piperazine rings is 1. The summed E-state index contributed by atoms with van der Waals surface area (Å²) >= 11 is 0. The van der Waals surface area contributed by atoms with Crippen LogP contribution in [0.2, 0.25) is 0 Å². The third-order valence-corrected chi connectivity index (χ3v) is 3.20. The third-order valence-electron chi connectivity index (χ3n) is 3.20. The van der Waals surface area contributed by atoms with Gasteiger partial charge in [0.05, 0.1) is 0 Å². The van der Waals surface area contributed by atoms with Crippen LogP contribution >= 0.6 is 0 Å². The molecule has 0 aromatic heterocycles. The molecule has 3 nitrogen and oxygen atoms in total. The molecule has 1 unspecified atom stereocenters. The zero-order valence-electron chi connectivity index (χ0n) is 10.8. The van der Waals surface area contributed by atoms with Gasteiger partial charge in [-0.25, -0.2) is 0 Å². The first kappa shape index (κ1) is 12.8. The van der Waals surface area contributed by atoms with Crippen LogP contribution in [0, 0.1) is 0 Å². The molecular weight excluding hydrogens is 224 g/mol. The van der Waals surface area contributed by atoms with Crippen molar-refractivity contribution in [2.24, 2.45) is 0 Å². The molecule has 1 saturated heterocycles. The Morgan fingerprint density at radius 2 is 2.22 bits per heavy atom. The fourth-order valence-corrected chi connectivity index (χ4v) is 2.31. The van der Waals surface area contributed by atoms with Gasteiger partial charge in [0.1, 0.15) is 0 Å². The Morgan fingerprint density at radius 3 is 2.94 bits per heavy atom. The Balaban J connectivity index is 1.93. The number of hydrogen-bond acceptors (Lipinski definition) is 2. The fraction of sp³-hybridized carbons (Fsp3) is 0.400. The van der Waals surface area contributed by atoms with Crippen molar-refractivity contribution in [2.45, 2.75) is 19.4 Å². The van der Waals surface area contributed by atoms with Gasteiger partial charge in [0.2, 0.25) is 5.91 Å². The molecule has 0 bridgehead atoms. The average Bonchev–Trinajstić information content (AvgIpc) is 2.40. The molecule has 0 aliphatic carbocycles. The van der Waals surface area contributed by atoms with Gasteiger partial charge < -0.3 is 10.2 Å². The molecule has 1 aromatic rings.